The maximum absolute atomic E-state index is 12.6. The average molecular weight is 335 g/mol. The number of carbonyl (C=O) groups excluding carboxylic acids is 2. The molecule has 2 aliphatic rings. The highest BCUT2D eigenvalue weighted by Gasteiger charge is 2.45. The zero-order chi connectivity index (χ0) is 16.6. The van der Waals surface area contributed by atoms with Gasteiger partial charge in [-0.05, 0) is 42.4 Å². The fourth-order valence-corrected chi connectivity index (χ4v) is 3.70. The van der Waals surface area contributed by atoms with Gasteiger partial charge in [-0.15, -0.1) is 0 Å². The van der Waals surface area contributed by atoms with Crippen molar-refractivity contribution in [3.05, 3.63) is 34.9 Å². The summed E-state index contributed by atoms with van der Waals surface area (Å²) < 4.78 is 0. The van der Waals surface area contributed by atoms with Crippen molar-refractivity contribution in [2.24, 2.45) is 11.8 Å². The number of amides is 2. The maximum atomic E-state index is 12.6. The Hall–Kier alpha value is -1.55. The normalized spacial score (nSPS) is 26.2. The Bertz CT molecular complexity index is 602. The Morgan fingerprint density at radius 2 is 2.00 bits per heavy atom. The van der Waals surface area contributed by atoms with Gasteiger partial charge < -0.3 is 9.80 Å². The van der Waals surface area contributed by atoms with Crippen molar-refractivity contribution in [3.63, 3.8) is 0 Å². The summed E-state index contributed by atoms with van der Waals surface area (Å²) in [5.41, 5.74) is 1.20. The van der Waals surface area contributed by atoms with Crippen LogP contribution in [0.4, 0.5) is 0 Å². The first-order valence-electron chi connectivity index (χ1n) is 8.21. The Kier molecular flexibility index (Phi) is 4.62. The molecule has 0 radical (unpaired) electrons. The van der Waals surface area contributed by atoms with Crippen LogP contribution in [0.1, 0.15) is 31.2 Å². The summed E-state index contributed by atoms with van der Waals surface area (Å²) in [5, 5.41) is 0.727. The Morgan fingerprint density at radius 3 is 2.61 bits per heavy atom. The Morgan fingerprint density at radius 1 is 1.30 bits per heavy atom. The molecular weight excluding hydrogens is 312 g/mol. The van der Waals surface area contributed by atoms with Gasteiger partial charge in [-0.2, -0.15) is 0 Å². The lowest BCUT2D eigenvalue weighted by Gasteiger charge is -2.22. The van der Waals surface area contributed by atoms with Crippen LogP contribution in [0.5, 0.6) is 0 Å². The van der Waals surface area contributed by atoms with Crippen molar-refractivity contribution in [1.82, 2.24) is 9.80 Å². The minimum Gasteiger partial charge on any atom is -0.345 e. The molecule has 1 aromatic carbocycles. The molecule has 3 rings (SSSR count). The molecule has 1 aliphatic heterocycles. The highest BCUT2D eigenvalue weighted by atomic mass is 35.5. The van der Waals surface area contributed by atoms with E-state index in [9.17, 15) is 9.59 Å². The van der Waals surface area contributed by atoms with Crippen LogP contribution in [0.2, 0.25) is 5.02 Å². The van der Waals surface area contributed by atoms with E-state index in [-0.39, 0.29) is 17.7 Å². The first-order chi connectivity index (χ1) is 11.0. The molecule has 23 heavy (non-hydrogen) atoms. The monoisotopic (exact) mass is 334 g/mol. The van der Waals surface area contributed by atoms with E-state index in [4.69, 9.17) is 11.6 Å². The van der Waals surface area contributed by atoms with E-state index in [0.29, 0.717) is 11.8 Å². The predicted molar refractivity (Wildman–Crippen MR) is 90.3 cm³/mol. The second-order valence-corrected chi connectivity index (χ2v) is 7.28. The molecule has 2 fully saturated rings. The molecular formula is C18H23ClN2O2. The molecule has 0 aromatic heterocycles. The third kappa shape index (κ3) is 3.69. The number of benzene rings is 1. The van der Waals surface area contributed by atoms with Gasteiger partial charge in [-0.25, -0.2) is 0 Å². The van der Waals surface area contributed by atoms with E-state index in [1.807, 2.05) is 41.1 Å². The highest BCUT2D eigenvalue weighted by Crippen LogP contribution is 2.48. The highest BCUT2D eigenvalue weighted by molar-refractivity contribution is 6.30. The first-order valence-corrected chi connectivity index (χ1v) is 8.59. The van der Waals surface area contributed by atoms with Crippen molar-refractivity contribution in [2.45, 2.75) is 25.7 Å². The van der Waals surface area contributed by atoms with E-state index in [1.165, 1.54) is 5.56 Å². The quantitative estimate of drug-likeness (QED) is 0.849. The lowest BCUT2D eigenvalue weighted by Crippen LogP contribution is -2.35. The average Bonchev–Trinajstić information content (AvgIpc) is 3.18. The third-order valence-corrected chi connectivity index (χ3v) is 5.30. The van der Waals surface area contributed by atoms with Crippen molar-refractivity contribution < 1.29 is 9.59 Å². The molecule has 1 heterocycles. The summed E-state index contributed by atoms with van der Waals surface area (Å²) in [6, 6.07) is 7.80. The van der Waals surface area contributed by atoms with Gasteiger partial charge in [0, 0.05) is 44.5 Å². The largest absolute Gasteiger partial charge is 0.345 e. The number of hydrogen-bond donors (Lipinski definition) is 0. The van der Waals surface area contributed by atoms with Crippen LogP contribution in [-0.2, 0) is 9.59 Å². The predicted octanol–water partition coefficient (Wildman–Crippen LogP) is 2.77. The van der Waals surface area contributed by atoms with Crippen LogP contribution in [0.15, 0.2) is 24.3 Å². The lowest BCUT2D eigenvalue weighted by molar-refractivity contribution is -0.131. The van der Waals surface area contributed by atoms with E-state index in [0.717, 1.165) is 37.5 Å². The van der Waals surface area contributed by atoms with Crippen LogP contribution in [0, 0.1) is 11.8 Å². The molecule has 1 saturated carbocycles. The van der Waals surface area contributed by atoms with Gasteiger partial charge in [-0.3, -0.25) is 9.59 Å². The topological polar surface area (TPSA) is 40.6 Å². The van der Waals surface area contributed by atoms with E-state index < -0.39 is 0 Å². The van der Waals surface area contributed by atoms with Gasteiger partial charge in [0.15, 0.2) is 0 Å². The standard InChI is InChI=1S/C18H23ClN2O2/c1-12(22)21-8-7-13(11-21)10-20(2)18(23)17-9-16(17)14-3-5-15(19)6-4-14/h3-6,13,16-17H,7-11H2,1-2H3/t13-,16-,17-/m1/s1. The molecule has 3 atom stereocenters. The summed E-state index contributed by atoms with van der Waals surface area (Å²) in [6.07, 6.45) is 1.91. The second kappa shape index (κ2) is 6.52. The number of rotatable bonds is 4. The molecule has 5 heteroatoms. The fraction of sp³-hybridized carbons (Fsp3) is 0.556. The summed E-state index contributed by atoms with van der Waals surface area (Å²) in [4.78, 5) is 27.7. The van der Waals surface area contributed by atoms with Gasteiger partial charge in [0.1, 0.15) is 0 Å². The zero-order valence-electron chi connectivity index (χ0n) is 13.7. The van der Waals surface area contributed by atoms with Crippen LogP contribution >= 0.6 is 11.6 Å². The van der Waals surface area contributed by atoms with Crippen LogP contribution in [-0.4, -0.2) is 48.3 Å². The molecule has 1 aliphatic carbocycles. The Balaban J connectivity index is 1.51. The molecule has 124 valence electrons. The van der Waals surface area contributed by atoms with Crippen molar-refractivity contribution in [3.8, 4) is 0 Å². The third-order valence-electron chi connectivity index (χ3n) is 5.05. The fourth-order valence-electron chi connectivity index (χ4n) is 3.57. The van der Waals surface area contributed by atoms with E-state index in [1.54, 1.807) is 6.92 Å². The SMILES string of the molecule is CC(=O)N1CC[C@H](CN(C)C(=O)[C@@H]2C[C@@H]2c2ccc(Cl)cc2)C1. The molecule has 0 spiro atoms. The Labute approximate surface area is 142 Å². The van der Waals surface area contributed by atoms with Gasteiger partial charge in [0.05, 0.1) is 0 Å². The minimum absolute atomic E-state index is 0.103. The van der Waals surface area contributed by atoms with Gasteiger partial charge in [0.25, 0.3) is 0 Å². The minimum atomic E-state index is 0.103. The maximum Gasteiger partial charge on any atom is 0.226 e. The van der Waals surface area contributed by atoms with E-state index >= 15 is 0 Å². The number of carbonyl (C=O) groups is 2. The van der Waals surface area contributed by atoms with Gasteiger partial charge in [-0.1, -0.05) is 23.7 Å². The molecule has 0 N–H and O–H groups in total. The molecule has 0 unspecified atom stereocenters. The summed E-state index contributed by atoms with van der Waals surface area (Å²) >= 11 is 5.91. The van der Waals surface area contributed by atoms with Crippen molar-refractivity contribution in [2.75, 3.05) is 26.7 Å². The number of nitrogens with zero attached hydrogens (tertiary/aromatic N) is 2. The summed E-state index contributed by atoms with van der Waals surface area (Å²) in [7, 11) is 1.88. The number of hydrogen-bond acceptors (Lipinski definition) is 2. The molecule has 2 amide bonds. The van der Waals surface area contributed by atoms with E-state index in [2.05, 4.69) is 0 Å². The number of halogens is 1. The molecule has 1 aromatic rings. The van der Waals surface area contributed by atoms with Crippen LogP contribution < -0.4 is 0 Å². The molecule has 0 bridgehead atoms. The second-order valence-electron chi connectivity index (χ2n) is 6.84. The summed E-state index contributed by atoms with van der Waals surface area (Å²) in [5.74, 6) is 1.20. The van der Waals surface area contributed by atoms with Gasteiger partial charge in [0.2, 0.25) is 11.8 Å². The van der Waals surface area contributed by atoms with Crippen LogP contribution in [0.3, 0.4) is 0 Å². The number of likely N-dealkylation sites (tertiary alicyclic amines) is 1. The molecule has 4 nitrogen and oxygen atoms in total. The molecule has 1 saturated heterocycles. The summed E-state index contributed by atoms with van der Waals surface area (Å²) in [6.45, 7) is 3.95. The zero-order valence-corrected chi connectivity index (χ0v) is 14.4. The van der Waals surface area contributed by atoms with Crippen molar-refractivity contribution in [1.29, 1.82) is 0 Å². The van der Waals surface area contributed by atoms with Crippen LogP contribution in [0.25, 0.3) is 0 Å². The lowest BCUT2D eigenvalue weighted by atomic mass is 10.1. The smallest absolute Gasteiger partial charge is 0.226 e. The van der Waals surface area contributed by atoms with Gasteiger partial charge >= 0.3 is 0 Å². The first kappa shape index (κ1) is 16.3. The van der Waals surface area contributed by atoms with Crippen molar-refractivity contribution >= 4 is 23.4 Å².